The summed E-state index contributed by atoms with van der Waals surface area (Å²) >= 11 is 0. The number of aliphatic hydroxyl groups excluding tert-OH is 1. The Labute approximate surface area is 214 Å². The van der Waals surface area contributed by atoms with E-state index in [2.05, 4.69) is 16.0 Å². The van der Waals surface area contributed by atoms with Crippen molar-refractivity contribution in [3.05, 3.63) is 0 Å². The molecule has 8 nitrogen and oxygen atoms in total. The second-order valence-corrected chi connectivity index (χ2v) is 9.85. The fourth-order valence-corrected chi connectivity index (χ4v) is 3.84. The second-order valence-electron chi connectivity index (χ2n) is 8.44. The summed E-state index contributed by atoms with van der Waals surface area (Å²) in [5, 5.41) is 9.88. The molecule has 0 fully saturated rings. The smallest absolute Gasteiger partial charge is 0.305 e. The predicted octanol–water partition coefficient (Wildman–Crippen LogP) is 4.58. The normalized spacial score (nSPS) is 19.9. The minimum absolute atomic E-state index is 0.158. The number of hydrogen-bond donors (Lipinski definition) is 1. The largest absolute Gasteiger partial charge is 0.756 e. The molecular weight excluding hydrogens is 445 g/mol. The molecule has 0 spiro atoms. The summed E-state index contributed by atoms with van der Waals surface area (Å²) in [6, 6.07) is 0. The number of phosphoric acid groups is 1. The van der Waals surface area contributed by atoms with Crippen LogP contribution in [-0.2, 0) is 23.1 Å². The number of likely N-dealkylation sites (N-methyl/N-ethyl adjacent to an activating group) is 1. The van der Waals surface area contributed by atoms with Gasteiger partial charge in [0.15, 0.2) is 0 Å². The lowest BCUT2D eigenvalue weighted by Gasteiger charge is -2.27. The molecule has 9 heteroatoms. The van der Waals surface area contributed by atoms with Gasteiger partial charge in [0.05, 0.1) is 39.9 Å². The maximum absolute atomic E-state index is 12.0. The van der Waals surface area contributed by atoms with Crippen molar-refractivity contribution in [2.24, 2.45) is 0 Å². The molecule has 2 atom stereocenters. The first-order chi connectivity index (χ1) is 19.3. The average molecular weight is 505 g/mol. The fraction of sp³-hybridized carbons (Fsp3) is 0.958. The number of aliphatic hydroxyl groups is 1. The number of unbranched alkanes of at least 4 members (excludes halogenated alkanes) is 12. The van der Waals surface area contributed by atoms with Gasteiger partial charge in [0, 0.05) is 6.42 Å². The van der Waals surface area contributed by atoms with E-state index < -0.39 is 71.7 Å². The van der Waals surface area contributed by atoms with E-state index in [1.165, 1.54) is 57.8 Å². The number of carbonyl (C=O) groups excluding carboxylic acids is 1. The van der Waals surface area contributed by atoms with E-state index in [1.54, 1.807) is 0 Å². The van der Waals surface area contributed by atoms with E-state index >= 15 is 0 Å². The van der Waals surface area contributed by atoms with Crippen LogP contribution < -0.4 is 4.89 Å². The molecule has 0 aliphatic heterocycles. The lowest BCUT2D eigenvalue weighted by Crippen LogP contribution is -2.37. The Hall–Kier alpha value is -0.500. The van der Waals surface area contributed by atoms with Gasteiger partial charge in [-0.2, -0.15) is 0 Å². The highest BCUT2D eigenvalue weighted by Crippen LogP contribution is 2.38. The molecule has 0 rings (SSSR count). The van der Waals surface area contributed by atoms with E-state index in [-0.39, 0.29) is 6.42 Å². The van der Waals surface area contributed by atoms with Crippen LogP contribution in [0.15, 0.2) is 0 Å². The predicted molar refractivity (Wildman–Crippen MR) is 130 cm³/mol. The Morgan fingerprint density at radius 3 is 1.94 bits per heavy atom. The Kier molecular flexibility index (Phi) is 11.8. The van der Waals surface area contributed by atoms with Crippen LogP contribution in [0.25, 0.3) is 0 Å². The molecule has 0 amide bonds. The number of quaternary nitrogens is 1. The third-order valence-corrected chi connectivity index (χ3v) is 5.99. The number of rotatable bonds is 23. The zero-order valence-corrected chi connectivity index (χ0v) is 21.0. The Morgan fingerprint density at radius 2 is 1.42 bits per heavy atom. The molecule has 0 radical (unpaired) electrons. The Balaban J connectivity index is 4.22. The third-order valence-electron chi connectivity index (χ3n) is 5.02. The molecule has 198 valence electrons. The first kappa shape index (κ1) is 19.7. The zero-order chi connectivity index (χ0) is 32.5. The molecule has 0 bridgehead atoms. The van der Waals surface area contributed by atoms with Crippen LogP contribution in [-0.4, -0.2) is 69.0 Å². The molecule has 0 aromatic carbocycles. The highest BCUT2D eigenvalue weighted by molar-refractivity contribution is 7.45. The summed E-state index contributed by atoms with van der Waals surface area (Å²) in [6.07, 6.45) is 13.8. The topological polar surface area (TPSA) is 105 Å². The molecule has 2 unspecified atom stereocenters. The summed E-state index contributed by atoms with van der Waals surface area (Å²) < 4.78 is 91.0. The fourth-order valence-electron chi connectivity index (χ4n) is 3.10. The monoisotopic (exact) mass is 504 g/mol. The number of esters is 1. The average Bonchev–Trinajstić information content (AvgIpc) is 2.84. The lowest BCUT2D eigenvalue weighted by molar-refractivity contribution is -0.870. The maximum Gasteiger partial charge on any atom is 0.305 e. The summed E-state index contributed by atoms with van der Waals surface area (Å²) in [4.78, 5) is 23.9. The van der Waals surface area contributed by atoms with Crippen molar-refractivity contribution in [2.45, 2.75) is 103 Å². The van der Waals surface area contributed by atoms with Crippen LogP contribution in [0.3, 0.4) is 0 Å². The number of phosphoric ester groups is 1. The molecule has 0 heterocycles. The minimum Gasteiger partial charge on any atom is -0.756 e. The van der Waals surface area contributed by atoms with E-state index in [1.807, 2.05) is 0 Å². The van der Waals surface area contributed by atoms with Crippen LogP contribution in [0.4, 0.5) is 0 Å². The standard InChI is InChI=1S/C24H50NO7P/c1-5-6-7-8-9-10-11-12-13-14-15-16-17-18-24(27)30-21-23(26)22-32-33(28,29)31-20-19-25(2,3)4/h23,26H,5-22H2,1-4H3/i2D3,3D3,4D3. The van der Waals surface area contributed by atoms with E-state index in [0.717, 1.165) is 19.3 Å². The molecule has 0 aromatic heterocycles. The number of hydrogen-bond acceptors (Lipinski definition) is 7. The van der Waals surface area contributed by atoms with Gasteiger partial charge in [-0.25, -0.2) is 0 Å². The van der Waals surface area contributed by atoms with Gasteiger partial charge in [0.2, 0.25) is 0 Å². The molecule has 0 aliphatic rings. The van der Waals surface area contributed by atoms with Crippen molar-refractivity contribution in [1.82, 2.24) is 0 Å². The van der Waals surface area contributed by atoms with Crippen LogP contribution in [0.1, 0.15) is 109 Å². The SMILES string of the molecule is [2H]C([2H])([2H])[N+](CCOP(=O)([O-])OCC(O)COC(=O)CCCCCCCCCCCCCCC)(C([2H])([2H])[2H])C([2H])([2H])[2H]. The maximum atomic E-state index is 12.0. The molecule has 0 saturated heterocycles. The molecule has 0 aromatic rings. The molecule has 33 heavy (non-hydrogen) atoms. The summed E-state index contributed by atoms with van der Waals surface area (Å²) in [5.41, 5.74) is 0. The van der Waals surface area contributed by atoms with Gasteiger partial charge >= 0.3 is 5.97 Å². The van der Waals surface area contributed by atoms with Gasteiger partial charge in [0.1, 0.15) is 25.9 Å². The van der Waals surface area contributed by atoms with Crippen molar-refractivity contribution in [3.8, 4) is 0 Å². The minimum atomic E-state index is -5.19. The van der Waals surface area contributed by atoms with Crippen molar-refractivity contribution < 1.29 is 50.0 Å². The number of ether oxygens (including phenoxy) is 1. The van der Waals surface area contributed by atoms with E-state index in [4.69, 9.17) is 17.1 Å². The molecule has 0 aliphatic carbocycles. The van der Waals surface area contributed by atoms with E-state index in [9.17, 15) is 19.4 Å². The van der Waals surface area contributed by atoms with Crippen LogP contribution in [0, 0.1) is 0 Å². The van der Waals surface area contributed by atoms with Crippen molar-refractivity contribution in [2.75, 3.05) is 47.3 Å². The molecular formula is C24H50NO7P. The van der Waals surface area contributed by atoms with Crippen molar-refractivity contribution in [1.29, 1.82) is 0 Å². The van der Waals surface area contributed by atoms with Gasteiger partial charge in [0.25, 0.3) is 7.82 Å². The first-order valence-electron chi connectivity index (χ1n) is 16.6. The van der Waals surface area contributed by atoms with Gasteiger partial charge < -0.3 is 28.3 Å². The van der Waals surface area contributed by atoms with Crippen molar-refractivity contribution in [3.63, 3.8) is 0 Å². The number of carbonyl (C=O) groups is 1. The van der Waals surface area contributed by atoms with Gasteiger partial charge in [-0.3, -0.25) is 9.36 Å². The van der Waals surface area contributed by atoms with Gasteiger partial charge in [-0.1, -0.05) is 84.0 Å². The summed E-state index contributed by atoms with van der Waals surface area (Å²) in [7, 11) is -5.19. The van der Waals surface area contributed by atoms with Crippen LogP contribution in [0.2, 0.25) is 0 Å². The number of nitrogens with zero attached hydrogens (tertiary/aromatic N) is 1. The van der Waals surface area contributed by atoms with Gasteiger partial charge in [-0.05, 0) is 6.42 Å². The third kappa shape index (κ3) is 24.4. The van der Waals surface area contributed by atoms with Crippen molar-refractivity contribution >= 4 is 13.8 Å². The van der Waals surface area contributed by atoms with Gasteiger partial charge in [-0.15, -0.1) is 0 Å². The highest BCUT2D eigenvalue weighted by Gasteiger charge is 2.16. The summed E-state index contributed by atoms with van der Waals surface area (Å²) in [5.74, 6) is -0.549. The first-order valence-corrected chi connectivity index (χ1v) is 13.6. The Morgan fingerprint density at radius 1 is 0.909 bits per heavy atom. The van der Waals surface area contributed by atoms with E-state index in [0.29, 0.717) is 6.42 Å². The zero-order valence-electron chi connectivity index (χ0n) is 29.1. The summed E-state index contributed by atoms with van der Waals surface area (Å²) in [6.45, 7) is -12.2. The second kappa shape index (κ2) is 19.8. The quantitative estimate of drug-likeness (QED) is 0.0940. The highest BCUT2D eigenvalue weighted by atomic mass is 31.2. The van der Waals surface area contributed by atoms with Crippen LogP contribution in [0.5, 0.6) is 0 Å². The van der Waals surface area contributed by atoms with Crippen LogP contribution >= 0.6 is 7.82 Å². The Bertz CT molecular complexity index is 760. The molecule has 0 saturated carbocycles. The lowest BCUT2D eigenvalue weighted by atomic mass is 10.0. The molecule has 1 N–H and O–H groups in total.